The molecule has 0 aromatic heterocycles. The number of carbonyl (C=O) groups excluding carboxylic acids is 1. The summed E-state index contributed by atoms with van der Waals surface area (Å²) in [6.45, 7) is 3.70. The Morgan fingerprint density at radius 1 is 1.10 bits per heavy atom. The summed E-state index contributed by atoms with van der Waals surface area (Å²) < 4.78 is 51.2. The van der Waals surface area contributed by atoms with Gasteiger partial charge in [0, 0.05) is 5.56 Å². The third kappa shape index (κ3) is 5.78. The summed E-state index contributed by atoms with van der Waals surface area (Å²) in [4.78, 5) is 11.9. The summed E-state index contributed by atoms with van der Waals surface area (Å²) in [7, 11) is 0. The summed E-state index contributed by atoms with van der Waals surface area (Å²) in [5.74, 6) is 0.0942. The molecule has 0 aliphatic carbocycles. The van der Waals surface area contributed by atoms with E-state index in [-0.39, 0.29) is 17.2 Å². The van der Waals surface area contributed by atoms with Crippen LogP contribution in [0.2, 0.25) is 0 Å². The lowest BCUT2D eigenvalue weighted by atomic mass is 9.98. The van der Waals surface area contributed by atoms with Crippen molar-refractivity contribution in [2.75, 3.05) is 6.26 Å². The molecule has 29 heavy (non-hydrogen) atoms. The third-order valence-electron chi connectivity index (χ3n) is 3.68. The number of ether oxygens (including phenoxy) is 2. The zero-order valence-electron chi connectivity index (χ0n) is 15.9. The second-order valence-electron chi connectivity index (χ2n) is 6.11. The van der Waals surface area contributed by atoms with Crippen LogP contribution >= 0.6 is 11.8 Å². The number of alkyl halides is 3. The number of halogens is 3. The smallest absolute Gasteiger partial charge is 0.417 e. The van der Waals surface area contributed by atoms with Gasteiger partial charge in [-0.2, -0.15) is 18.4 Å². The topological polar surface area (TPSA) is 59.3 Å². The molecule has 2 aromatic rings. The highest BCUT2D eigenvalue weighted by atomic mass is 32.2. The predicted molar refractivity (Wildman–Crippen MR) is 106 cm³/mol. The van der Waals surface area contributed by atoms with Crippen LogP contribution in [0.3, 0.4) is 0 Å². The summed E-state index contributed by atoms with van der Waals surface area (Å²) in [5.41, 5.74) is -1.29. The monoisotopic (exact) mass is 421 g/mol. The van der Waals surface area contributed by atoms with Gasteiger partial charge in [0.25, 0.3) is 0 Å². The molecule has 2 aromatic carbocycles. The average molecular weight is 421 g/mol. The molecule has 2 rings (SSSR count). The molecular weight excluding hydrogens is 403 g/mol. The second kappa shape index (κ2) is 9.52. The van der Waals surface area contributed by atoms with Crippen molar-refractivity contribution in [3.63, 3.8) is 0 Å². The lowest BCUT2D eigenvalue weighted by molar-refractivity contribution is -0.137. The van der Waals surface area contributed by atoms with E-state index >= 15 is 0 Å². The van der Waals surface area contributed by atoms with Crippen LogP contribution < -0.4 is 4.74 Å². The summed E-state index contributed by atoms with van der Waals surface area (Å²) in [6.07, 6.45) is -3.33. The van der Waals surface area contributed by atoms with Crippen LogP contribution in [0.25, 0.3) is 11.3 Å². The predicted octanol–water partition coefficient (Wildman–Crippen LogP) is 6.38. The Balaban J connectivity index is 2.68. The first-order chi connectivity index (χ1) is 13.7. The second-order valence-corrected chi connectivity index (χ2v) is 6.85. The van der Waals surface area contributed by atoms with Gasteiger partial charge in [0.05, 0.1) is 11.7 Å². The highest BCUT2D eigenvalue weighted by Crippen LogP contribution is 2.38. The van der Waals surface area contributed by atoms with Crippen LogP contribution in [0.4, 0.5) is 18.0 Å². The number of nitrogens with zero attached hydrogens (tertiary/aromatic N) is 1. The average Bonchev–Trinajstić information content (AvgIpc) is 2.67. The molecule has 0 N–H and O–H groups in total. The number of hydrogen-bond acceptors (Lipinski definition) is 5. The van der Waals surface area contributed by atoms with Crippen LogP contribution in [0.1, 0.15) is 30.5 Å². The maximum Gasteiger partial charge on any atom is 0.417 e. The van der Waals surface area contributed by atoms with Crippen molar-refractivity contribution in [2.24, 2.45) is 0 Å². The van der Waals surface area contributed by atoms with Crippen molar-refractivity contribution >= 4 is 28.4 Å². The molecule has 0 bridgehead atoms. The van der Waals surface area contributed by atoms with Gasteiger partial charge >= 0.3 is 11.5 Å². The largest absolute Gasteiger partial charge is 0.491 e. The van der Waals surface area contributed by atoms with Crippen molar-refractivity contribution in [3.8, 4) is 11.8 Å². The summed E-state index contributed by atoms with van der Waals surface area (Å²) >= 11 is 0.688. The van der Waals surface area contributed by atoms with Gasteiger partial charge in [0.1, 0.15) is 17.4 Å². The minimum Gasteiger partial charge on any atom is -0.491 e. The van der Waals surface area contributed by atoms with Gasteiger partial charge in [0.15, 0.2) is 5.76 Å². The molecule has 0 atom stereocenters. The van der Waals surface area contributed by atoms with Gasteiger partial charge in [-0.15, -0.1) is 0 Å². The Labute approximate surface area is 170 Å². The Bertz CT molecular complexity index is 945. The minimum absolute atomic E-state index is 0.0661. The fourth-order valence-corrected chi connectivity index (χ4v) is 2.68. The first kappa shape index (κ1) is 22.4. The zero-order chi connectivity index (χ0) is 21.6. The number of benzene rings is 2. The van der Waals surface area contributed by atoms with Gasteiger partial charge in [-0.25, -0.2) is 4.79 Å². The zero-order valence-corrected chi connectivity index (χ0v) is 16.7. The Kier molecular flexibility index (Phi) is 7.35. The lowest BCUT2D eigenvalue weighted by Gasteiger charge is -2.17. The first-order valence-corrected chi connectivity index (χ1v) is 9.73. The summed E-state index contributed by atoms with van der Waals surface area (Å²) in [6, 6.07) is 12.8. The van der Waals surface area contributed by atoms with E-state index in [9.17, 15) is 23.2 Å². The molecule has 4 nitrogen and oxygen atoms in total. The fraction of sp³-hybridized carbons (Fsp3) is 0.238. The van der Waals surface area contributed by atoms with Gasteiger partial charge < -0.3 is 9.47 Å². The maximum atomic E-state index is 13.5. The van der Waals surface area contributed by atoms with Crippen molar-refractivity contribution < 1.29 is 27.4 Å². The highest BCUT2D eigenvalue weighted by Gasteiger charge is 2.35. The molecule has 0 aliphatic heterocycles. The van der Waals surface area contributed by atoms with Crippen LogP contribution in [-0.4, -0.2) is 17.7 Å². The van der Waals surface area contributed by atoms with E-state index in [2.05, 4.69) is 0 Å². The Morgan fingerprint density at radius 2 is 1.72 bits per heavy atom. The van der Waals surface area contributed by atoms with E-state index < -0.39 is 22.8 Å². The number of thioether (sulfide) groups is 1. The van der Waals surface area contributed by atoms with E-state index in [1.165, 1.54) is 36.6 Å². The van der Waals surface area contributed by atoms with Gasteiger partial charge in [-0.05, 0) is 67.8 Å². The van der Waals surface area contributed by atoms with Crippen molar-refractivity contribution in [2.45, 2.75) is 26.1 Å². The normalized spacial score (nSPS) is 12.2. The number of allylic oxidation sites excluding steroid dienone is 1. The lowest BCUT2D eigenvalue weighted by Crippen LogP contribution is -2.11. The molecule has 0 fully saturated rings. The van der Waals surface area contributed by atoms with E-state index in [0.717, 1.165) is 6.07 Å². The van der Waals surface area contributed by atoms with Crippen LogP contribution in [0, 0.1) is 11.3 Å². The quantitative estimate of drug-likeness (QED) is 0.242. The molecule has 0 heterocycles. The Hall–Kier alpha value is -2.92. The third-order valence-corrected chi connectivity index (χ3v) is 4.10. The van der Waals surface area contributed by atoms with Crippen molar-refractivity contribution in [1.29, 1.82) is 5.26 Å². The SMILES string of the molecule is CSC(=O)OC(=C(C#N)c1ccc(OC(C)C)cc1)c1ccccc1C(F)(F)F. The first-order valence-electron chi connectivity index (χ1n) is 8.51. The van der Waals surface area contributed by atoms with E-state index in [1.54, 1.807) is 12.1 Å². The highest BCUT2D eigenvalue weighted by molar-refractivity contribution is 8.12. The number of nitriles is 1. The number of rotatable bonds is 5. The van der Waals surface area contributed by atoms with E-state index in [0.29, 0.717) is 23.1 Å². The molecule has 0 saturated carbocycles. The van der Waals surface area contributed by atoms with E-state index in [4.69, 9.17) is 9.47 Å². The van der Waals surface area contributed by atoms with E-state index in [1.807, 2.05) is 19.9 Å². The molecule has 0 amide bonds. The van der Waals surface area contributed by atoms with Crippen LogP contribution in [0.5, 0.6) is 5.75 Å². The van der Waals surface area contributed by atoms with Gasteiger partial charge in [-0.3, -0.25) is 0 Å². The van der Waals surface area contributed by atoms with Crippen LogP contribution in [0.15, 0.2) is 48.5 Å². The molecule has 0 radical (unpaired) electrons. The Morgan fingerprint density at radius 3 is 2.24 bits per heavy atom. The van der Waals surface area contributed by atoms with Gasteiger partial charge in [0.2, 0.25) is 0 Å². The molecule has 0 aliphatic rings. The molecule has 0 unspecified atom stereocenters. The molecule has 0 saturated heterocycles. The van der Waals surface area contributed by atoms with Crippen molar-refractivity contribution in [1.82, 2.24) is 0 Å². The fourth-order valence-electron chi connectivity index (χ4n) is 2.51. The van der Waals surface area contributed by atoms with Crippen molar-refractivity contribution in [3.05, 3.63) is 65.2 Å². The van der Waals surface area contributed by atoms with Crippen LogP contribution in [-0.2, 0) is 10.9 Å². The van der Waals surface area contributed by atoms with Gasteiger partial charge in [-0.1, -0.05) is 18.2 Å². The molecular formula is C21H18F3NO3S. The number of carbonyl (C=O) groups is 1. The number of hydrogen-bond donors (Lipinski definition) is 0. The molecule has 8 heteroatoms. The molecule has 0 spiro atoms. The minimum atomic E-state index is -4.69. The molecule has 152 valence electrons. The summed E-state index contributed by atoms with van der Waals surface area (Å²) in [5, 5.41) is 8.86. The maximum absolute atomic E-state index is 13.5. The standard InChI is InChI=1S/C21H18F3NO3S/c1-13(2)27-15-10-8-14(9-11-15)17(12-25)19(28-20(26)29-3)16-6-4-5-7-18(16)21(22,23)24/h4-11,13H,1-3H3.